The highest BCUT2D eigenvalue weighted by Crippen LogP contribution is 2.31. The van der Waals surface area contributed by atoms with Crippen molar-refractivity contribution in [3.05, 3.63) is 65.5 Å². The molecule has 4 rings (SSSR count). The van der Waals surface area contributed by atoms with E-state index in [4.69, 9.17) is 0 Å². The maximum Gasteiger partial charge on any atom is 0.296 e. The van der Waals surface area contributed by atoms with Crippen molar-refractivity contribution < 1.29 is 25.9 Å². The van der Waals surface area contributed by atoms with Gasteiger partial charge in [0.15, 0.2) is 0 Å². The minimum atomic E-state index is -4.67. The molecule has 0 spiro atoms. The molecule has 31 heavy (non-hydrogen) atoms. The summed E-state index contributed by atoms with van der Waals surface area (Å²) in [5, 5.41) is 0.326. The number of rotatable bonds is 4. The molecule has 2 aromatic rings. The van der Waals surface area contributed by atoms with Crippen LogP contribution >= 0.6 is 11.3 Å². The van der Waals surface area contributed by atoms with Gasteiger partial charge < -0.3 is 0 Å². The highest BCUT2D eigenvalue weighted by Gasteiger charge is 2.19. The number of hydrogen-bond donors (Lipinski definition) is 2. The molecular formula is C20H16N2O6S3. The Hall–Kier alpha value is -2.70. The Kier molecular flexibility index (Phi) is 5.40. The molecule has 0 bridgehead atoms. The molecule has 0 radical (unpaired) electrons. The van der Waals surface area contributed by atoms with E-state index in [0.29, 0.717) is 5.36 Å². The number of nitrogens with zero attached hydrogens (tertiary/aromatic N) is 2. The van der Waals surface area contributed by atoms with Gasteiger partial charge in [0, 0.05) is 0 Å². The molecule has 1 heterocycles. The predicted octanol–water partition coefficient (Wildman–Crippen LogP) is 3.69. The fourth-order valence-corrected chi connectivity index (χ4v) is 5.14. The second kappa shape index (κ2) is 7.77. The van der Waals surface area contributed by atoms with E-state index in [0.717, 1.165) is 45.4 Å². The maximum absolute atomic E-state index is 11.7. The smallest absolute Gasteiger partial charge is 0.282 e. The summed E-state index contributed by atoms with van der Waals surface area (Å²) in [4.78, 5) is 8.53. The average molecular weight is 477 g/mol. The molecule has 2 N–H and O–H groups in total. The molecule has 2 aromatic carbocycles. The van der Waals surface area contributed by atoms with Gasteiger partial charge in [-0.2, -0.15) is 16.8 Å². The summed E-state index contributed by atoms with van der Waals surface area (Å²) in [7, 11) is -9.26. The van der Waals surface area contributed by atoms with Gasteiger partial charge in [-0.3, -0.25) is 9.11 Å². The summed E-state index contributed by atoms with van der Waals surface area (Å²) in [5.74, 6) is 0. The van der Waals surface area contributed by atoms with Crippen molar-refractivity contribution in [1.29, 1.82) is 0 Å². The van der Waals surface area contributed by atoms with Crippen molar-refractivity contribution >= 4 is 47.5 Å². The van der Waals surface area contributed by atoms with E-state index >= 15 is 0 Å². The second-order valence-electron chi connectivity index (χ2n) is 6.71. The number of aryl methyl sites for hydroxylation is 1. The van der Waals surface area contributed by atoms with Gasteiger partial charge in [-0.05, 0) is 60.5 Å². The van der Waals surface area contributed by atoms with E-state index in [-0.39, 0.29) is 5.69 Å². The maximum atomic E-state index is 11.7. The second-order valence-corrected chi connectivity index (χ2v) is 10.6. The van der Waals surface area contributed by atoms with Crippen LogP contribution in [-0.4, -0.2) is 30.9 Å². The van der Waals surface area contributed by atoms with E-state index in [9.17, 15) is 25.9 Å². The SMILES string of the molecule is CCc1ccc2sc3c/c(=N\c4cc(S(=O)(=O)O)ccc4S(=O)(=O)O)ccc-3nc2c1. The molecule has 0 fully saturated rings. The number of fused-ring (bicyclic) bond motifs is 2. The summed E-state index contributed by atoms with van der Waals surface area (Å²) in [5.41, 5.74) is 2.46. The molecule has 1 aliphatic heterocycles. The zero-order valence-electron chi connectivity index (χ0n) is 16.0. The van der Waals surface area contributed by atoms with Crippen LogP contribution in [0.1, 0.15) is 12.5 Å². The number of aromatic nitrogens is 1. The molecule has 0 amide bonds. The Balaban J connectivity index is 1.93. The van der Waals surface area contributed by atoms with Gasteiger partial charge in [-0.1, -0.05) is 13.0 Å². The molecule has 0 unspecified atom stereocenters. The Labute approximate surface area is 182 Å². The van der Waals surface area contributed by atoms with Gasteiger partial charge in [-0.15, -0.1) is 11.3 Å². The average Bonchev–Trinajstić information content (AvgIpc) is 2.70. The summed E-state index contributed by atoms with van der Waals surface area (Å²) in [6.07, 6.45) is 0.900. The molecule has 0 atom stereocenters. The van der Waals surface area contributed by atoms with Gasteiger partial charge in [0.1, 0.15) is 4.90 Å². The van der Waals surface area contributed by atoms with Crippen LogP contribution in [0, 0.1) is 0 Å². The number of hydrogen-bond acceptors (Lipinski definition) is 7. The third kappa shape index (κ3) is 4.50. The summed E-state index contributed by atoms with van der Waals surface area (Å²) < 4.78 is 66.0. The van der Waals surface area contributed by atoms with Gasteiger partial charge in [0.25, 0.3) is 20.2 Å². The molecule has 160 valence electrons. The van der Waals surface area contributed by atoms with Crippen LogP contribution in [0.2, 0.25) is 0 Å². The largest absolute Gasteiger partial charge is 0.296 e. The molecule has 11 heteroatoms. The summed E-state index contributed by atoms with van der Waals surface area (Å²) in [6.45, 7) is 2.07. The van der Waals surface area contributed by atoms with E-state index in [2.05, 4.69) is 16.9 Å². The van der Waals surface area contributed by atoms with Crippen LogP contribution in [0.3, 0.4) is 0 Å². The standard InChI is InChI=1S/C20H16N2O6S3/c1-2-12-3-7-18-16(9-12)22-15-6-4-13(10-19(15)29-18)21-17-11-14(30(23,24)25)5-8-20(17)31(26,27)28/h3-11H,2H2,1H3,(H,23,24,25)(H,26,27,28)/b21-13-. The minimum absolute atomic E-state index is 0.316. The Morgan fingerprint density at radius 1 is 0.935 bits per heavy atom. The van der Waals surface area contributed by atoms with Crippen molar-refractivity contribution in [3.63, 3.8) is 0 Å². The van der Waals surface area contributed by atoms with Crippen LogP contribution in [0.4, 0.5) is 5.69 Å². The first-order valence-electron chi connectivity index (χ1n) is 9.02. The van der Waals surface area contributed by atoms with Crippen LogP contribution in [0.15, 0.2) is 69.4 Å². The zero-order chi connectivity index (χ0) is 22.4. The van der Waals surface area contributed by atoms with Crippen LogP contribution in [-0.2, 0) is 26.7 Å². The number of benzene rings is 3. The lowest BCUT2D eigenvalue weighted by molar-refractivity contribution is 0.478. The molecular weight excluding hydrogens is 460 g/mol. The highest BCUT2D eigenvalue weighted by molar-refractivity contribution is 7.86. The van der Waals surface area contributed by atoms with Crippen molar-refractivity contribution in [2.45, 2.75) is 23.1 Å². The lowest BCUT2D eigenvalue weighted by Crippen LogP contribution is -2.05. The van der Waals surface area contributed by atoms with Crippen LogP contribution in [0.5, 0.6) is 0 Å². The molecule has 8 nitrogen and oxygen atoms in total. The Morgan fingerprint density at radius 2 is 1.71 bits per heavy atom. The molecule has 0 saturated heterocycles. The first-order chi connectivity index (χ1) is 14.5. The predicted molar refractivity (Wildman–Crippen MR) is 117 cm³/mol. The van der Waals surface area contributed by atoms with Gasteiger partial charge in [-0.25, -0.2) is 9.98 Å². The molecule has 2 aliphatic rings. The Bertz CT molecular complexity index is 1570. The van der Waals surface area contributed by atoms with Gasteiger partial charge in [0.05, 0.1) is 36.7 Å². The molecule has 0 aromatic heterocycles. The topological polar surface area (TPSA) is 134 Å². The fourth-order valence-electron chi connectivity index (χ4n) is 3.05. The fraction of sp³-hybridized carbons (Fsp3) is 0.100. The molecule has 0 saturated carbocycles. The minimum Gasteiger partial charge on any atom is -0.282 e. The van der Waals surface area contributed by atoms with Crippen molar-refractivity contribution in [2.24, 2.45) is 4.99 Å². The third-order valence-electron chi connectivity index (χ3n) is 4.59. The lowest BCUT2D eigenvalue weighted by atomic mass is 10.1. The van der Waals surface area contributed by atoms with Crippen molar-refractivity contribution in [1.82, 2.24) is 4.98 Å². The molecule has 1 aliphatic carbocycles. The quantitative estimate of drug-likeness (QED) is 0.339. The Morgan fingerprint density at radius 3 is 2.39 bits per heavy atom. The summed E-state index contributed by atoms with van der Waals surface area (Å²) in [6, 6.07) is 13.7. The highest BCUT2D eigenvalue weighted by atomic mass is 32.2. The van der Waals surface area contributed by atoms with E-state index in [1.807, 2.05) is 18.2 Å². The van der Waals surface area contributed by atoms with E-state index < -0.39 is 30.0 Å². The monoisotopic (exact) mass is 476 g/mol. The van der Waals surface area contributed by atoms with Crippen molar-refractivity contribution in [3.8, 4) is 10.6 Å². The van der Waals surface area contributed by atoms with E-state index in [1.165, 1.54) is 16.9 Å². The first kappa shape index (κ1) is 21.5. The lowest BCUT2D eigenvalue weighted by Gasteiger charge is -2.08. The van der Waals surface area contributed by atoms with Crippen molar-refractivity contribution in [2.75, 3.05) is 0 Å². The third-order valence-corrected chi connectivity index (χ3v) is 7.45. The zero-order valence-corrected chi connectivity index (χ0v) is 18.5. The van der Waals surface area contributed by atoms with Crippen LogP contribution < -0.4 is 5.36 Å². The first-order valence-corrected chi connectivity index (χ1v) is 12.7. The van der Waals surface area contributed by atoms with Gasteiger partial charge >= 0.3 is 0 Å². The normalized spacial score (nSPS) is 13.2. The van der Waals surface area contributed by atoms with Crippen LogP contribution in [0.25, 0.3) is 20.8 Å². The summed E-state index contributed by atoms with van der Waals surface area (Å²) >= 11 is 1.49. The van der Waals surface area contributed by atoms with Gasteiger partial charge in [0.2, 0.25) is 0 Å². The van der Waals surface area contributed by atoms with E-state index in [1.54, 1.807) is 18.2 Å².